The second-order valence-electron chi connectivity index (χ2n) is 4.39. The van der Waals surface area contributed by atoms with Gasteiger partial charge in [-0.25, -0.2) is 0 Å². The van der Waals surface area contributed by atoms with Crippen LogP contribution in [0.15, 0.2) is 18.2 Å². The number of hydrogen-bond donors (Lipinski definition) is 1. The third-order valence-electron chi connectivity index (χ3n) is 2.65. The number of ketones is 1. The van der Waals surface area contributed by atoms with Crippen molar-refractivity contribution in [1.29, 1.82) is 0 Å². The Labute approximate surface area is 126 Å². The first kappa shape index (κ1) is 14.7. The molecule has 6 heteroatoms. The molecule has 1 fully saturated rings. The van der Waals surface area contributed by atoms with Crippen molar-refractivity contribution in [1.82, 2.24) is 5.32 Å². The number of thioether (sulfide) groups is 1. The Morgan fingerprint density at radius 2 is 1.95 bits per heavy atom. The van der Waals surface area contributed by atoms with E-state index in [9.17, 15) is 9.59 Å². The Hall–Kier alpha value is -0.710. The van der Waals surface area contributed by atoms with Crippen molar-refractivity contribution in [3.8, 4) is 0 Å². The minimum atomic E-state index is -0.0530. The van der Waals surface area contributed by atoms with Crippen LogP contribution in [0.25, 0.3) is 0 Å². The van der Waals surface area contributed by atoms with Crippen LogP contribution in [0.3, 0.4) is 0 Å². The van der Waals surface area contributed by atoms with Crippen molar-refractivity contribution in [3.63, 3.8) is 0 Å². The van der Waals surface area contributed by atoms with Gasteiger partial charge in [0.05, 0.1) is 21.6 Å². The van der Waals surface area contributed by atoms with Crippen LogP contribution in [0, 0.1) is 0 Å². The molecule has 3 nitrogen and oxygen atoms in total. The van der Waals surface area contributed by atoms with E-state index in [4.69, 9.17) is 23.2 Å². The molecular formula is C13H13Cl2NO2S. The van der Waals surface area contributed by atoms with Gasteiger partial charge in [0.2, 0.25) is 5.91 Å². The van der Waals surface area contributed by atoms with Gasteiger partial charge in [-0.3, -0.25) is 9.59 Å². The molecule has 1 aromatic rings. The highest BCUT2D eigenvalue weighted by molar-refractivity contribution is 8.00. The van der Waals surface area contributed by atoms with Crippen molar-refractivity contribution in [2.24, 2.45) is 0 Å². The molecule has 0 atom stereocenters. The van der Waals surface area contributed by atoms with Crippen molar-refractivity contribution in [2.45, 2.75) is 18.9 Å². The number of carbonyl (C=O) groups is 2. The first-order chi connectivity index (χ1) is 9.06. The Bertz CT molecular complexity index is 503. The fourth-order valence-corrected chi connectivity index (χ4v) is 2.51. The number of halogens is 2. The Morgan fingerprint density at radius 3 is 2.58 bits per heavy atom. The largest absolute Gasteiger partial charge is 0.353 e. The van der Waals surface area contributed by atoms with Gasteiger partial charge >= 0.3 is 0 Å². The summed E-state index contributed by atoms with van der Waals surface area (Å²) in [6.07, 6.45) is 2.14. The topological polar surface area (TPSA) is 46.2 Å². The zero-order chi connectivity index (χ0) is 13.8. The molecule has 1 amide bonds. The molecule has 102 valence electrons. The van der Waals surface area contributed by atoms with Gasteiger partial charge in [0.1, 0.15) is 0 Å². The summed E-state index contributed by atoms with van der Waals surface area (Å²) in [5.74, 6) is 0.511. The van der Waals surface area contributed by atoms with Gasteiger partial charge in [0.25, 0.3) is 0 Å². The first-order valence-electron chi connectivity index (χ1n) is 5.91. The van der Waals surface area contributed by atoms with Gasteiger partial charge in [-0.1, -0.05) is 23.2 Å². The minimum absolute atomic E-state index is 0.00515. The van der Waals surface area contributed by atoms with Crippen molar-refractivity contribution in [2.75, 3.05) is 11.5 Å². The molecule has 0 spiro atoms. The van der Waals surface area contributed by atoms with Crippen LogP contribution in [-0.4, -0.2) is 29.2 Å². The summed E-state index contributed by atoms with van der Waals surface area (Å²) in [7, 11) is 0. The molecule has 1 aromatic carbocycles. The number of amides is 1. The molecule has 0 heterocycles. The van der Waals surface area contributed by atoms with Crippen LogP contribution in [0.4, 0.5) is 0 Å². The van der Waals surface area contributed by atoms with Gasteiger partial charge in [0, 0.05) is 11.6 Å². The van der Waals surface area contributed by atoms with Gasteiger partial charge in [0.15, 0.2) is 5.78 Å². The average molecular weight is 318 g/mol. The van der Waals surface area contributed by atoms with Crippen LogP contribution in [-0.2, 0) is 4.79 Å². The highest BCUT2D eigenvalue weighted by atomic mass is 35.5. The van der Waals surface area contributed by atoms with Crippen molar-refractivity contribution in [3.05, 3.63) is 33.8 Å². The predicted molar refractivity (Wildman–Crippen MR) is 79.3 cm³/mol. The average Bonchev–Trinajstić information content (AvgIpc) is 3.16. The van der Waals surface area contributed by atoms with Crippen LogP contribution >= 0.6 is 35.0 Å². The number of nitrogens with one attached hydrogen (secondary N) is 1. The summed E-state index contributed by atoms with van der Waals surface area (Å²) in [5, 5.41) is 3.66. The van der Waals surface area contributed by atoms with Gasteiger partial charge in [-0.15, -0.1) is 11.8 Å². The highest BCUT2D eigenvalue weighted by Crippen LogP contribution is 2.23. The predicted octanol–water partition coefficient (Wildman–Crippen LogP) is 3.19. The maximum atomic E-state index is 11.9. The highest BCUT2D eigenvalue weighted by Gasteiger charge is 2.23. The third-order valence-corrected chi connectivity index (χ3v) is 4.32. The van der Waals surface area contributed by atoms with E-state index in [1.807, 2.05) is 0 Å². The molecular weight excluding hydrogens is 305 g/mol. The Morgan fingerprint density at radius 1 is 1.21 bits per heavy atom. The van der Waals surface area contributed by atoms with E-state index >= 15 is 0 Å². The Kier molecular flexibility index (Phi) is 5.13. The normalized spacial score (nSPS) is 14.2. The zero-order valence-corrected chi connectivity index (χ0v) is 12.4. The molecule has 0 unspecified atom stereocenters. The van der Waals surface area contributed by atoms with Crippen molar-refractivity contribution < 1.29 is 9.59 Å². The van der Waals surface area contributed by atoms with E-state index in [0.717, 1.165) is 12.8 Å². The van der Waals surface area contributed by atoms with Crippen LogP contribution in [0.5, 0.6) is 0 Å². The second-order valence-corrected chi connectivity index (χ2v) is 6.19. The maximum Gasteiger partial charge on any atom is 0.230 e. The SMILES string of the molecule is O=C(CSCC(=O)c1ccc(Cl)c(Cl)c1)NC1CC1. The Balaban J connectivity index is 1.76. The molecule has 1 saturated carbocycles. The number of benzene rings is 1. The molecule has 0 saturated heterocycles. The lowest BCUT2D eigenvalue weighted by atomic mass is 10.1. The summed E-state index contributed by atoms with van der Waals surface area (Å²) in [6.45, 7) is 0. The quantitative estimate of drug-likeness (QED) is 0.820. The van der Waals surface area contributed by atoms with Gasteiger partial charge in [-0.2, -0.15) is 0 Å². The van der Waals surface area contributed by atoms with E-state index in [1.54, 1.807) is 18.2 Å². The molecule has 1 aliphatic rings. The monoisotopic (exact) mass is 317 g/mol. The minimum Gasteiger partial charge on any atom is -0.353 e. The maximum absolute atomic E-state index is 11.9. The molecule has 0 aliphatic heterocycles. The summed E-state index contributed by atoms with van der Waals surface area (Å²) >= 11 is 12.9. The standard InChI is InChI=1S/C13H13Cl2NO2S/c14-10-4-1-8(5-11(10)15)12(17)6-19-7-13(18)16-9-2-3-9/h1,4-5,9H,2-3,6-7H2,(H,16,18). The lowest BCUT2D eigenvalue weighted by Gasteiger charge is -2.04. The lowest BCUT2D eigenvalue weighted by Crippen LogP contribution is -2.27. The van der Waals surface area contributed by atoms with Crippen molar-refractivity contribution >= 4 is 46.7 Å². The molecule has 1 aliphatic carbocycles. The molecule has 0 aromatic heterocycles. The molecule has 1 N–H and O–H groups in total. The number of hydrogen-bond acceptors (Lipinski definition) is 3. The van der Waals surface area contributed by atoms with Gasteiger partial charge in [-0.05, 0) is 31.0 Å². The molecule has 2 rings (SSSR count). The lowest BCUT2D eigenvalue weighted by molar-refractivity contribution is -0.118. The fraction of sp³-hybridized carbons (Fsp3) is 0.385. The van der Waals surface area contributed by atoms with E-state index in [2.05, 4.69) is 5.32 Å². The number of rotatable bonds is 6. The van der Waals surface area contributed by atoms with E-state index in [1.165, 1.54) is 11.8 Å². The fourth-order valence-electron chi connectivity index (χ4n) is 1.49. The third kappa shape index (κ3) is 4.71. The smallest absolute Gasteiger partial charge is 0.230 e. The number of Topliss-reactive ketones (excluding diaryl/α,β-unsaturated/α-hetero) is 1. The summed E-state index contributed by atoms with van der Waals surface area (Å²) in [6, 6.07) is 5.15. The van der Waals surface area contributed by atoms with Crippen LogP contribution in [0.2, 0.25) is 10.0 Å². The summed E-state index contributed by atoms with van der Waals surface area (Å²) in [4.78, 5) is 23.3. The van der Waals surface area contributed by atoms with Crippen LogP contribution in [0.1, 0.15) is 23.2 Å². The summed E-state index contributed by atoms with van der Waals surface area (Å²) < 4.78 is 0. The number of carbonyl (C=O) groups excluding carboxylic acids is 2. The zero-order valence-electron chi connectivity index (χ0n) is 10.1. The van der Waals surface area contributed by atoms with E-state index < -0.39 is 0 Å². The van der Waals surface area contributed by atoms with E-state index in [0.29, 0.717) is 27.4 Å². The summed E-state index contributed by atoms with van der Waals surface area (Å²) in [5.41, 5.74) is 0.518. The van der Waals surface area contributed by atoms with Crippen LogP contribution < -0.4 is 5.32 Å². The molecule has 19 heavy (non-hydrogen) atoms. The molecule has 0 bridgehead atoms. The van der Waals surface area contributed by atoms with E-state index in [-0.39, 0.29) is 17.4 Å². The van der Waals surface area contributed by atoms with Gasteiger partial charge < -0.3 is 5.32 Å². The molecule has 0 radical (unpaired) electrons. The first-order valence-corrected chi connectivity index (χ1v) is 7.82. The second kappa shape index (κ2) is 6.64.